The van der Waals surface area contributed by atoms with Gasteiger partial charge in [0.1, 0.15) is 0 Å². The fraction of sp³-hybridized carbons (Fsp3) is 0.727. The van der Waals surface area contributed by atoms with Crippen molar-refractivity contribution >= 4 is 11.3 Å². The highest BCUT2D eigenvalue weighted by atomic mass is 32.1. The summed E-state index contributed by atoms with van der Waals surface area (Å²) in [5.74, 6) is 0. The SMILES string of the molecule is CCOC(C)(C)C(Cc1cncs1)NC. The number of ether oxygens (including phenoxy) is 1. The van der Waals surface area contributed by atoms with Gasteiger partial charge >= 0.3 is 0 Å². The van der Waals surface area contributed by atoms with Gasteiger partial charge in [-0.2, -0.15) is 0 Å². The molecule has 0 aliphatic rings. The third-order valence-electron chi connectivity index (χ3n) is 2.59. The second-order valence-electron chi connectivity index (χ2n) is 4.05. The van der Waals surface area contributed by atoms with Gasteiger partial charge in [0, 0.05) is 30.1 Å². The van der Waals surface area contributed by atoms with E-state index in [1.807, 2.05) is 25.7 Å². The van der Waals surface area contributed by atoms with Gasteiger partial charge in [-0.3, -0.25) is 4.98 Å². The molecule has 0 amide bonds. The predicted molar refractivity (Wildman–Crippen MR) is 64.4 cm³/mol. The second-order valence-corrected chi connectivity index (χ2v) is 5.02. The number of likely N-dealkylation sites (N-methyl/N-ethyl adjacent to an activating group) is 1. The molecule has 1 aromatic heterocycles. The van der Waals surface area contributed by atoms with E-state index in [0.717, 1.165) is 13.0 Å². The first kappa shape index (κ1) is 12.6. The van der Waals surface area contributed by atoms with Crippen LogP contribution in [0.5, 0.6) is 0 Å². The Morgan fingerprint density at radius 2 is 2.33 bits per heavy atom. The van der Waals surface area contributed by atoms with Crippen molar-refractivity contribution in [3.63, 3.8) is 0 Å². The van der Waals surface area contributed by atoms with E-state index >= 15 is 0 Å². The first-order valence-electron chi connectivity index (χ1n) is 5.28. The van der Waals surface area contributed by atoms with Gasteiger partial charge in [0.05, 0.1) is 11.1 Å². The highest BCUT2D eigenvalue weighted by molar-refractivity contribution is 7.09. The molecular formula is C11H20N2OS. The maximum atomic E-state index is 5.75. The average molecular weight is 228 g/mol. The van der Waals surface area contributed by atoms with Gasteiger partial charge in [0.15, 0.2) is 0 Å². The number of thiazole rings is 1. The lowest BCUT2D eigenvalue weighted by molar-refractivity contribution is -0.0361. The van der Waals surface area contributed by atoms with Gasteiger partial charge in [0.25, 0.3) is 0 Å². The summed E-state index contributed by atoms with van der Waals surface area (Å²) in [5.41, 5.74) is 1.73. The molecule has 1 N–H and O–H groups in total. The molecule has 3 nitrogen and oxygen atoms in total. The van der Waals surface area contributed by atoms with E-state index in [9.17, 15) is 0 Å². The molecule has 0 radical (unpaired) electrons. The molecule has 0 aromatic carbocycles. The maximum Gasteiger partial charge on any atom is 0.0794 e. The summed E-state index contributed by atoms with van der Waals surface area (Å²) in [6, 6.07) is 0.317. The van der Waals surface area contributed by atoms with E-state index in [4.69, 9.17) is 4.74 Å². The van der Waals surface area contributed by atoms with Crippen LogP contribution in [0.3, 0.4) is 0 Å². The standard InChI is InChI=1S/C11H20N2OS/c1-5-14-11(2,3)10(12-4)6-9-7-13-8-15-9/h7-8,10,12H,5-6H2,1-4H3. The fourth-order valence-corrected chi connectivity index (χ4v) is 2.35. The van der Waals surface area contributed by atoms with Crippen molar-refractivity contribution in [3.8, 4) is 0 Å². The summed E-state index contributed by atoms with van der Waals surface area (Å²) >= 11 is 1.69. The summed E-state index contributed by atoms with van der Waals surface area (Å²) in [5, 5.41) is 3.32. The predicted octanol–water partition coefficient (Wildman–Crippen LogP) is 2.09. The van der Waals surface area contributed by atoms with Crippen LogP contribution < -0.4 is 5.32 Å². The smallest absolute Gasteiger partial charge is 0.0794 e. The third kappa shape index (κ3) is 3.55. The molecule has 1 unspecified atom stereocenters. The lowest BCUT2D eigenvalue weighted by Crippen LogP contribution is -2.48. The summed E-state index contributed by atoms with van der Waals surface area (Å²) in [4.78, 5) is 5.38. The quantitative estimate of drug-likeness (QED) is 0.809. The van der Waals surface area contributed by atoms with Crippen LogP contribution in [-0.4, -0.2) is 30.3 Å². The molecule has 0 saturated heterocycles. The van der Waals surface area contributed by atoms with Crippen molar-refractivity contribution in [2.75, 3.05) is 13.7 Å². The Kier molecular flexibility index (Phi) is 4.70. The average Bonchev–Trinajstić information content (AvgIpc) is 2.66. The molecule has 0 fully saturated rings. The molecule has 86 valence electrons. The molecule has 4 heteroatoms. The molecule has 1 aromatic rings. The number of nitrogens with one attached hydrogen (secondary N) is 1. The summed E-state index contributed by atoms with van der Waals surface area (Å²) in [7, 11) is 1.98. The van der Waals surface area contributed by atoms with Gasteiger partial charge in [-0.25, -0.2) is 0 Å². The lowest BCUT2D eigenvalue weighted by Gasteiger charge is -2.33. The van der Waals surface area contributed by atoms with E-state index < -0.39 is 0 Å². The molecule has 0 bridgehead atoms. The van der Waals surface area contributed by atoms with Gasteiger partial charge in [0.2, 0.25) is 0 Å². The molecule has 0 aliphatic heterocycles. The van der Waals surface area contributed by atoms with Crippen LogP contribution in [0.15, 0.2) is 11.7 Å². The molecule has 1 atom stereocenters. The zero-order valence-corrected chi connectivity index (χ0v) is 10.7. The van der Waals surface area contributed by atoms with Crippen molar-refractivity contribution in [3.05, 3.63) is 16.6 Å². The number of rotatable bonds is 6. The van der Waals surface area contributed by atoms with E-state index in [2.05, 4.69) is 24.1 Å². The minimum Gasteiger partial charge on any atom is -0.374 e. The topological polar surface area (TPSA) is 34.1 Å². The van der Waals surface area contributed by atoms with Gasteiger partial charge in [-0.1, -0.05) is 0 Å². The zero-order chi connectivity index (χ0) is 11.3. The number of nitrogens with zero attached hydrogens (tertiary/aromatic N) is 1. The molecule has 0 aliphatic carbocycles. The van der Waals surface area contributed by atoms with Crippen LogP contribution in [0.1, 0.15) is 25.6 Å². The van der Waals surface area contributed by atoms with E-state index in [0.29, 0.717) is 6.04 Å². The Morgan fingerprint density at radius 1 is 1.60 bits per heavy atom. The van der Waals surface area contributed by atoms with Crippen LogP contribution in [0.4, 0.5) is 0 Å². The van der Waals surface area contributed by atoms with Crippen LogP contribution in [-0.2, 0) is 11.2 Å². The second kappa shape index (κ2) is 5.58. The lowest BCUT2D eigenvalue weighted by atomic mass is 9.95. The van der Waals surface area contributed by atoms with E-state index in [1.54, 1.807) is 11.3 Å². The van der Waals surface area contributed by atoms with Crippen molar-refractivity contribution in [2.45, 2.75) is 38.8 Å². The van der Waals surface area contributed by atoms with Crippen molar-refractivity contribution in [2.24, 2.45) is 0 Å². The van der Waals surface area contributed by atoms with Crippen LogP contribution >= 0.6 is 11.3 Å². The van der Waals surface area contributed by atoms with Crippen LogP contribution in [0, 0.1) is 0 Å². The number of hydrogen-bond acceptors (Lipinski definition) is 4. The first-order chi connectivity index (χ1) is 7.10. The molecule has 1 heterocycles. The Hall–Kier alpha value is -0.450. The van der Waals surface area contributed by atoms with Gasteiger partial charge < -0.3 is 10.1 Å². The molecule has 0 spiro atoms. The third-order valence-corrected chi connectivity index (χ3v) is 3.39. The summed E-state index contributed by atoms with van der Waals surface area (Å²) in [6.07, 6.45) is 2.89. The van der Waals surface area contributed by atoms with Gasteiger partial charge in [-0.15, -0.1) is 11.3 Å². The minimum absolute atomic E-state index is 0.145. The highest BCUT2D eigenvalue weighted by Gasteiger charge is 2.29. The Morgan fingerprint density at radius 3 is 2.80 bits per heavy atom. The summed E-state index contributed by atoms with van der Waals surface area (Å²) in [6.45, 7) is 7.02. The molecular weight excluding hydrogens is 208 g/mol. The molecule has 0 saturated carbocycles. The maximum absolute atomic E-state index is 5.75. The Bertz CT molecular complexity index is 272. The van der Waals surface area contributed by atoms with Crippen molar-refractivity contribution < 1.29 is 4.74 Å². The first-order valence-corrected chi connectivity index (χ1v) is 6.16. The fourth-order valence-electron chi connectivity index (χ4n) is 1.71. The van der Waals surface area contributed by atoms with Crippen molar-refractivity contribution in [1.29, 1.82) is 0 Å². The molecule has 1 rings (SSSR count). The normalized spacial score (nSPS) is 14.1. The highest BCUT2D eigenvalue weighted by Crippen LogP contribution is 2.20. The van der Waals surface area contributed by atoms with E-state index in [-0.39, 0.29) is 5.60 Å². The monoisotopic (exact) mass is 228 g/mol. The van der Waals surface area contributed by atoms with Crippen molar-refractivity contribution in [1.82, 2.24) is 10.3 Å². The zero-order valence-electron chi connectivity index (χ0n) is 9.91. The van der Waals surface area contributed by atoms with Gasteiger partial charge in [-0.05, 0) is 27.8 Å². The minimum atomic E-state index is -0.145. The molecule has 15 heavy (non-hydrogen) atoms. The van der Waals surface area contributed by atoms with Crippen LogP contribution in [0.2, 0.25) is 0 Å². The Labute approximate surface area is 95.9 Å². The number of aromatic nitrogens is 1. The Balaban J connectivity index is 2.62. The number of hydrogen-bond donors (Lipinski definition) is 1. The largest absolute Gasteiger partial charge is 0.374 e. The summed E-state index contributed by atoms with van der Waals surface area (Å²) < 4.78 is 5.75. The van der Waals surface area contributed by atoms with E-state index in [1.165, 1.54) is 4.88 Å². The van der Waals surface area contributed by atoms with Crippen LogP contribution in [0.25, 0.3) is 0 Å².